The van der Waals surface area contributed by atoms with Gasteiger partial charge >= 0.3 is 0 Å². The number of halogens is 1. The van der Waals surface area contributed by atoms with Crippen LogP contribution in [-0.2, 0) is 0 Å². The van der Waals surface area contributed by atoms with E-state index in [0.717, 1.165) is 17.6 Å². The molecule has 0 spiro atoms. The van der Waals surface area contributed by atoms with Gasteiger partial charge in [0.1, 0.15) is 0 Å². The number of allylic oxidation sites excluding steroid dienone is 2. The van der Waals surface area contributed by atoms with Gasteiger partial charge in [-0.25, -0.2) is 0 Å². The monoisotopic (exact) mass is 270 g/mol. The average Bonchev–Trinajstić information content (AvgIpc) is 2.46. The molecule has 2 heteroatoms. The zero-order valence-corrected chi connectivity index (χ0v) is 11.5. The van der Waals surface area contributed by atoms with Crippen molar-refractivity contribution in [3.8, 4) is 0 Å². The van der Waals surface area contributed by atoms with Crippen molar-refractivity contribution in [1.82, 2.24) is 0 Å². The second-order valence-corrected chi connectivity index (χ2v) is 4.70. The zero-order chi connectivity index (χ0) is 13.7. The third-order valence-corrected chi connectivity index (χ3v) is 3.21. The maximum atomic E-state index is 12.2. The molecule has 1 nitrogen and oxygen atoms in total. The van der Waals surface area contributed by atoms with E-state index in [9.17, 15) is 4.79 Å². The van der Waals surface area contributed by atoms with Crippen LogP contribution in [-0.4, -0.2) is 5.78 Å². The standard InChI is InChI=1S/C17H15ClO/c1-2-13(14-8-10-16(18)11-9-14)12-17(19)15-6-4-3-5-7-15/h3-12H,2H2,1H3/b13-12+. The van der Waals surface area contributed by atoms with Crippen molar-refractivity contribution in [3.05, 3.63) is 76.8 Å². The van der Waals surface area contributed by atoms with Crippen molar-refractivity contribution >= 4 is 23.0 Å². The molecule has 0 amide bonds. The van der Waals surface area contributed by atoms with Gasteiger partial charge in [-0.1, -0.05) is 61.0 Å². The molecule has 0 radical (unpaired) electrons. The second-order valence-electron chi connectivity index (χ2n) is 4.26. The van der Waals surface area contributed by atoms with Gasteiger partial charge in [-0.3, -0.25) is 4.79 Å². The topological polar surface area (TPSA) is 17.1 Å². The molecule has 0 saturated heterocycles. The van der Waals surface area contributed by atoms with E-state index in [4.69, 9.17) is 11.6 Å². The molecule has 0 heterocycles. The molecule has 0 bridgehead atoms. The molecule has 19 heavy (non-hydrogen) atoms. The summed E-state index contributed by atoms with van der Waals surface area (Å²) in [5.74, 6) is 0.0346. The number of hydrogen-bond donors (Lipinski definition) is 0. The van der Waals surface area contributed by atoms with Crippen molar-refractivity contribution in [1.29, 1.82) is 0 Å². The Morgan fingerprint density at radius 3 is 2.21 bits per heavy atom. The van der Waals surface area contributed by atoms with Crippen LogP contribution in [0.2, 0.25) is 5.02 Å². The van der Waals surface area contributed by atoms with Crippen LogP contribution < -0.4 is 0 Å². The average molecular weight is 271 g/mol. The highest BCUT2D eigenvalue weighted by atomic mass is 35.5. The van der Waals surface area contributed by atoms with E-state index in [0.29, 0.717) is 10.6 Å². The van der Waals surface area contributed by atoms with Gasteiger partial charge in [0, 0.05) is 10.6 Å². The Bertz CT molecular complexity index is 582. The van der Waals surface area contributed by atoms with E-state index >= 15 is 0 Å². The van der Waals surface area contributed by atoms with E-state index in [-0.39, 0.29) is 5.78 Å². The first-order chi connectivity index (χ1) is 9.20. The predicted octanol–water partition coefficient (Wildman–Crippen LogP) is 5.02. The Morgan fingerprint density at radius 2 is 1.63 bits per heavy atom. The molecule has 0 unspecified atom stereocenters. The van der Waals surface area contributed by atoms with Crippen LogP contribution in [0.3, 0.4) is 0 Å². The predicted molar refractivity (Wildman–Crippen MR) is 80.5 cm³/mol. The molecule has 0 aliphatic heterocycles. The van der Waals surface area contributed by atoms with Crippen LogP contribution in [0.4, 0.5) is 0 Å². The van der Waals surface area contributed by atoms with E-state index in [1.807, 2.05) is 61.5 Å². The first-order valence-corrected chi connectivity index (χ1v) is 6.64. The summed E-state index contributed by atoms with van der Waals surface area (Å²) in [6.07, 6.45) is 2.51. The van der Waals surface area contributed by atoms with E-state index in [1.54, 1.807) is 6.08 Å². The van der Waals surface area contributed by atoms with Crippen LogP contribution in [0.1, 0.15) is 29.3 Å². The zero-order valence-electron chi connectivity index (χ0n) is 10.8. The summed E-state index contributed by atoms with van der Waals surface area (Å²) in [5.41, 5.74) is 2.77. The normalized spacial score (nSPS) is 11.4. The first kappa shape index (κ1) is 13.6. The lowest BCUT2D eigenvalue weighted by Crippen LogP contribution is -1.96. The maximum absolute atomic E-state index is 12.2. The largest absolute Gasteiger partial charge is 0.289 e. The van der Waals surface area contributed by atoms with Gasteiger partial charge in [0.25, 0.3) is 0 Å². The molecular formula is C17H15ClO. The Kier molecular flexibility index (Phi) is 4.53. The van der Waals surface area contributed by atoms with E-state index in [2.05, 4.69) is 0 Å². The molecule has 0 aliphatic rings. The molecule has 0 aliphatic carbocycles. The molecule has 0 aromatic heterocycles. The molecule has 2 rings (SSSR count). The number of ketones is 1. The second kappa shape index (κ2) is 6.35. The molecule has 0 atom stereocenters. The maximum Gasteiger partial charge on any atom is 0.186 e. The van der Waals surface area contributed by atoms with Gasteiger partial charge in [0.15, 0.2) is 5.78 Å². The van der Waals surface area contributed by atoms with Gasteiger partial charge in [-0.05, 0) is 35.8 Å². The quantitative estimate of drug-likeness (QED) is 0.563. The number of carbonyl (C=O) groups is 1. The van der Waals surface area contributed by atoms with Crippen LogP contribution in [0, 0.1) is 0 Å². The molecule has 0 saturated carbocycles. The fourth-order valence-corrected chi connectivity index (χ4v) is 2.02. The lowest BCUT2D eigenvalue weighted by atomic mass is 10.00. The number of rotatable bonds is 4. The van der Waals surface area contributed by atoms with E-state index in [1.165, 1.54) is 0 Å². The molecule has 2 aromatic carbocycles. The molecule has 0 fully saturated rings. The summed E-state index contributed by atoms with van der Waals surface area (Å²) < 4.78 is 0. The van der Waals surface area contributed by atoms with Gasteiger partial charge in [-0.2, -0.15) is 0 Å². The summed E-state index contributed by atoms with van der Waals surface area (Å²) >= 11 is 5.87. The number of benzene rings is 2. The third kappa shape index (κ3) is 3.55. The third-order valence-electron chi connectivity index (χ3n) is 2.96. The van der Waals surface area contributed by atoms with Crippen molar-refractivity contribution in [2.45, 2.75) is 13.3 Å². The van der Waals surface area contributed by atoms with E-state index < -0.39 is 0 Å². The highest BCUT2D eigenvalue weighted by Gasteiger charge is 2.05. The van der Waals surface area contributed by atoms with Crippen molar-refractivity contribution < 1.29 is 4.79 Å². The lowest BCUT2D eigenvalue weighted by Gasteiger charge is -2.05. The van der Waals surface area contributed by atoms with Crippen molar-refractivity contribution in [2.75, 3.05) is 0 Å². The fraction of sp³-hybridized carbons (Fsp3) is 0.118. The Morgan fingerprint density at radius 1 is 1.00 bits per heavy atom. The number of hydrogen-bond acceptors (Lipinski definition) is 1. The van der Waals surface area contributed by atoms with Gasteiger partial charge in [-0.15, -0.1) is 0 Å². The highest BCUT2D eigenvalue weighted by molar-refractivity contribution is 6.30. The lowest BCUT2D eigenvalue weighted by molar-refractivity contribution is 0.104. The molecule has 96 valence electrons. The first-order valence-electron chi connectivity index (χ1n) is 6.26. The van der Waals surface area contributed by atoms with Crippen molar-refractivity contribution in [3.63, 3.8) is 0 Å². The summed E-state index contributed by atoms with van der Waals surface area (Å²) in [6.45, 7) is 2.04. The Balaban J connectivity index is 2.29. The van der Waals surface area contributed by atoms with Crippen molar-refractivity contribution in [2.24, 2.45) is 0 Å². The smallest absolute Gasteiger partial charge is 0.186 e. The minimum atomic E-state index is 0.0346. The summed E-state index contributed by atoms with van der Waals surface area (Å²) in [5, 5.41) is 0.702. The molecule has 0 N–H and O–H groups in total. The van der Waals surface area contributed by atoms with Gasteiger partial charge in [0.2, 0.25) is 0 Å². The minimum Gasteiger partial charge on any atom is -0.289 e. The fourth-order valence-electron chi connectivity index (χ4n) is 1.90. The Hall–Kier alpha value is -1.86. The Labute approximate surface area is 118 Å². The number of carbonyl (C=O) groups excluding carboxylic acids is 1. The van der Waals surface area contributed by atoms with Crippen LogP contribution in [0.5, 0.6) is 0 Å². The highest BCUT2D eigenvalue weighted by Crippen LogP contribution is 2.21. The summed E-state index contributed by atoms with van der Waals surface area (Å²) in [7, 11) is 0. The molecular weight excluding hydrogens is 256 g/mol. The summed E-state index contributed by atoms with van der Waals surface area (Å²) in [6, 6.07) is 16.9. The van der Waals surface area contributed by atoms with Crippen LogP contribution >= 0.6 is 11.6 Å². The van der Waals surface area contributed by atoms with Gasteiger partial charge in [0.05, 0.1) is 0 Å². The summed E-state index contributed by atoms with van der Waals surface area (Å²) in [4.78, 5) is 12.2. The van der Waals surface area contributed by atoms with Crippen LogP contribution in [0.15, 0.2) is 60.7 Å². The van der Waals surface area contributed by atoms with Crippen LogP contribution in [0.25, 0.3) is 5.57 Å². The van der Waals surface area contributed by atoms with Gasteiger partial charge < -0.3 is 0 Å². The SMILES string of the molecule is CC/C(=C\C(=O)c1ccccc1)c1ccc(Cl)cc1. The minimum absolute atomic E-state index is 0.0346. The molecule has 2 aromatic rings.